The van der Waals surface area contributed by atoms with E-state index in [2.05, 4.69) is 10.6 Å². The molecule has 2 heterocycles. The number of piperidine rings is 1. The summed E-state index contributed by atoms with van der Waals surface area (Å²) in [5, 5.41) is 6.21. The van der Waals surface area contributed by atoms with Gasteiger partial charge in [0, 0.05) is 32.4 Å². The van der Waals surface area contributed by atoms with Crippen molar-refractivity contribution >= 4 is 17.5 Å². The molecule has 0 saturated carbocycles. The number of likely N-dealkylation sites (tertiary alicyclic amines) is 1. The number of halogens is 1. The van der Waals surface area contributed by atoms with Gasteiger partial charge in [0.1, 0.15) is 11.5 Å². The maximum absolute atomic E-state index is 13.9. The van der Waals surface area contributed by atoms with E-state index >= 15 is 0 Å². The van der Waals surface area contributed by atoms with E-state index in [1.807, 2.05) is 35.2 Å². The van der Waals surface area contributed by atoms with Crippen LogP contribution in [0.15, 0.2) is 48.5 Å². The van der Waals surface area contributed by atoms with Gasteiger partial charge in [0.15, 0.2) is 0 Å². The first-order chi connectivity index (χ1) is 13.1. The van der Waals surface area contributed by atoms with E-state index in [1.165, 1.54) is 6.07 Å². The van der Waals surface area contributed by atoms with Crippen LogP contribution in [0.3, 0.4) is 0 Å². The van der Waals surface area contributed by atoms with Crippen molar-refractivity contribution in [3.8, 4) is 0 Å². The third-order valence-electron chi connectivity index (χ3n) is 5.41. The van der Waals surface area contributed by atoms with Crippen LogP contribution in [0.2, 0.25) is 0 Å². The predicted octanol–water partition coefficient (Wildman–Crippen LogP) is 2.93. The van der Waals surface area contributed by atoms with Crippen molar-refractivity contribution in [1.29, 1.82) is 0 Å². The number of anilines is 1. The van der Waals surface area contributed by atoms with Crippen molar-refractivity contribution < 1.29 is 14.0 Å². The summed E-state index contributed by atoms with van der Waals surface area (Å²) in [6.07, 6.45) is 2.38. The minimum atomic E-state index is -0.617. The molecule has 140 valence electrons. The number of nitrogens with one attached hydrogen (secondary N) is 2. The van der Waals surface area contributed by atoms with Gasteiger partial charge in [-0.05, 0) is 24.1 Å². The van der Waals surface area contributed by atoms with Crippen LogP contribution in [0.4, 0.5) is 10.1 Å². The third kappa shape index (κ3) is 3.52. The topological polar surface area (TPSA) is 61.4 Å². The number of hydrogen-bond acceptors (Lipinski definition) is 3. The van der Waals surface area contributed by atoms with Gasteiger partial charge in [0.25, 0.3) is 5.91 Å². The molecule has 2 amide bonds. The SMILES string of the molecule is O=C1NC2(CCN(C(=O)CCc3ccccc3)CC2)Nc2cccc(F)c21. The normalized spacial score (nSPS) is 17.8. The van der Waals surface area contributed by atoms with Crippen LogP contribution < -0.4 is 10.6 Å². The number of hydrogen-bond donors (Lipinski definition) is 2. The summed E-state index contributed by atoms with van der Waals surface area (Å²) >= 11 is 0. The molecule has 2 aliphatic rings. The minimum absolute atomic E-state index is 0.0597. The number of fused-ring (bicyclic) bond motifs is 1. The van der Waals surface area contributed by atoms with E-state index < -0.39 is 17.4 Å². The fraction of sp³-hybridized carbons (Fsp3) is 0.333. The standard InChI is InChI=1S/C21H22FN3O2/c22-16-7-4-8-17-19(16)20(27)24-21(23-17)11-13-25(14-12-21)18(26)10-9-15-5-2-1-3-6-15/h1-8,23H,9-14H2,(H,24,27). The van der Waals surface area contributed by atoms with E-state index in [1.54, 1.807) is 12.1 Å². The Kier molecular flexibility index (Phi) is 4.56. The molecule has 2 aliphatic heterocycles. The van der Waals surface area contributed by atoms with Gasteiger partial charge >= 0.3 is 0 Å². The lowest BCUT2D eigenvalue weighted by Crippen LogP contribution is -2.62. The molecule has 5 nitrogen and oxygen atoms in total. The van der Waals surface area contributed by atoms with Crippen LogP contribution in [0.25, 0.3) is 0 Å². The Morgan fingerprint density at radius 1 is 1.04 bits per heavy atom. The highest BCUT2D eigenvalue weighted by Crippen LogP contribution is 2.32. The number of amides is 2. The second-order valence-corrected chi connectivity index (χ2v) is 7.19. The van der Waals surface area contributed by atoms with Crippen molar-refractivity contribution in [2.24, 2.45) is 0 Å². The zero-order valence-electron chi connectivity index (χ0n) is 15.0. The summed E-state index contributed by atoms with van der Waals surface area (Å²) in [5.74, 6) is -0.797. The van der Waals surface area contributed by atoms with E-state index in [9.17, 15) is 14.0 Å². The molecule has 4 rings (SSSR count). The smallest absolute Gasteiger partial charge is 0.258 e. The molecule has 0 radical (unpaired) electrons. The predicted molar refractivity (Wildman–Crippen MR) is 101 cm³/mol. The Labute approximate surface area is 157 Å². The first-order valence-electron chi connectivity index (χ1n) is 9.27. The average Bonchev–Trinajstić information content (AvgIpc) is 2.67. The van der Waals surface area contributed by atoms with Crippen LogP contribution in [0.1, 0.15) is 35.2 Å². The second-order valence-electron chi connectivity index (χ2n) is 7.19. The fourth-order valence-corrected chi connectivity index (χ4v) is 3.87. The molecule has 1 saturated heterocycles. The summed E-state index contributed by atoms with van der Waals surface area (Å²) in [6, 6.07) is 14.6. The molecule has 27 heavy (non-hydrogen) atoms. The Hall–Kier alpha value is -2.89. The fourth-order valence-electron chi connectivity index (χ4n) is 3.87. The number of nitrogens with zero attached hydrogens (tertiary/aromatic N) is 1. The molecule has 2 aromatic rings. The summed E-state index contributed by atoms with van der Waals surface area (Å²) in [6.45, 7) is 1.12. The van der Waals surface area contributed by atoms with Crippen LogP contribution in [-0.4, -0.2) is 35.5 Å². The monoisotopic (exact) mass is 367 g/mol. The van der Waals surface area contributed by atoms with Crippen LogP contribution in [0.5, 0.6) is 0 Å². The number of carbonyl (C=O) groups excluding carboxylic acids is 2. The first-order valence-corrected chi connectivity index (χ1v) is 9.27. The van der Waals surface area contributed by atoms with Gasteiger partial charge in [-0.2, -0.15) is 0 Å². The molecule has 6 heteroatoms. The number of aryl methyl sites for hydroxylation is 1. The average molecular weight is 367 g/mol. The molecule has 2 N–H and O–H groups in total. The molecule has 1 fully saturated rings. The van der Waals surface area contributed by atoms with Gasteiger partial charge in [-0.15, -0.1) is 0 Å². The van der Waals surface area contributed by atoms with Gasteiger partial charge in [-0.3, -0.25) is 9.59 Å². The summed E-state index contributed by atoms with van der Waals surface area (Å²) in [4.78, 5) is 26.8. The lowest BCUT2D eigenvalue weighted by Gasteiger charge is -2.46. The van der Waals surface area contributed by atoms with E-state index in [0.29, 0.717) is 38.0 Å². The van der Waals surface area contributed by atoms with E-state index in [4.69, 9.17) is 0 Å². The van der Waals surface area contributed by atoms with Crippen LogP contribution in [0, 0.1) is 5.82 Å². The van der Waals surface area contributed by atoms with E-state index in [-0.39, 0.29) is 11.5 Å². The minimum Gasteiger partial charge on any atom is -0.362 e. The van der Waals surface area contributed by atoms with Gasteiger partial charge in [0.05, 0.1) is 11.3 Å². The Morgan fingerprint density at radius 3 is 2.52 bits per heavy atom. The lowest BCUT2D eigenvalue weighted by atomic mass is 9.92. The highest BCUT2D eigenvalue weighted by Gasteiger charge is 2.41. The molecule has 0 atom stereocenters. The van der Waals surface area contributed by atoms with Crippen molar-refractivity contribution in [3.63, 3.8) is 0 Å². The van der Waals surface area contributed by atoms with Gasteiger partial charge in [-0.25, -0.2) is 4.39 Å². The maximum atomic E-state index is 13.9. The number of rotatable bonds is 3. The Balaban J connectivity index is 1.37. The zero-order chi connectivity index (χ0) is 18.9. The number of benzene rings is 2. The summed E-state index contributed by atoms with van der Waals surface area (Å²) in [5.41, 5.74) is 1.11. The first kappa shape index (κ1) is 17.5. The molecule has 1 spiro atoms. The quantitative estimate of drug-likeness (QED) is 0.877. The Morgan fingerprint density at radius 2 is 1.78 bits per heavy atom. The van der Waals surface area contributed by atoms with Crippen LogP contribution in [-0.2, 0) is 11.2 Å². The molecule has 0 bridgehead atoms. The van der Waals surface area contributed by atoms with Gasteiger partial charge in [0.2, 0.25) is 5.91 Å². The lowest BCUT2D eigenvalue weighted by molar-refractivity contribution is -0.132. The zero-order valence-corrected chi connectivity index (χ0v) is 15.0. The molecule has 2 aromatic carbocycles. The van der Waals surface area contributed by atoms with Crippen molar-refractivity contribution in [2.45, 2.75) is 31.3 Å². The number of carbonyl (C=O) groups is 2. The van der Waals surface area contributed by atoms with E-state index in [0.717, 1.165) is 12.0 Å². The van der Waals surface area contributed by atoms with Crippen molar-refractivity contribution in [3.05, 3.63) is 65.5 Å². The maximum Gasteiger partial charge on any atom is 0.258 e. The summed E-state index contributed by atoms with van der Waals surface area (Å²) < 4.78 is 13.9. The largest absolute Gasteiger partial charge is 0.362 e. The second kappa shape index (κ2) is 7.02. The van der Waals surface area contributed by atoms with Gasteiger partial charge in [-0.1, -0.05) is 36.4 Å². The Bertz CT molecular complexity index is 861. The summed E-state index contributed by atoms with van der Waals surface area (Å²) in [7, 11) is 0. The highest BCUT2D eigenvalue weighted by atomic mass is 19.1. The third-order valence-corrected chi connectivity index (χ3v) is 5.41. The molecule has 0 unspecified atom stereocenters. The molecule has 0 aromatic heterocycles. The van der Waals surface area contributed by atoms with Crippen molar-refractivity contribution in [2.75, 3.05) is 18.4 Å². The highest BCUT2D eigenvalue weighted by molar-refractivity contribution is 6.02. The van der Waals surface area contributed by atoms with Gasteiger partial charge < -0.3 is 15.5 Å². The van der Waals surface area contributed by atoms with Crippen molar-refractivity contribution in [1.82, 2.24) is 10.2 Å². The molecule has 0 aliphatic carbocycles. The molecular weight excluding hydrogens is 345 g/mol. The van der Waals surface area contributed by atoms with Crippen LogP contribution >= 0.6 is 0 Å². The molecular formula is C21H22FN3O2.